The summed E-state index contributed by atoms with van der Waals surface area (Å²) >= 11 is 7.79. The molecule has 0 unspecified atom stereocenters. The van der Waals surface area contributed by atoms with Crippen LogP contribution in [0.4, 0.5) is 0 Å². The number of hydrogen-bond acceptors (Lipinski definition) is 2. The summed E-state index contributed by atoms with van der Waals surface area (Å²) in [5, 5.41) is 6.56. The smallest absolute Gasteiger partial charge is 0.0412 e. The second-order valence-corrected chi connectivity index (χ2v) is 5.83. The van der Waals surface area contributed by atoms with E-state index in [4.69, 9.17) is 11.6 Å². The molecule has 1 nitrogen and oxygen atoms in total. The number of nitrogens with one attached hydrogen (secondary N) is 1. The van der Waals surface area contributed by atoms with Gasteiger partial charge in [0.15, 0.2) is 0 Å². The van der Waals surface area contributed by atoms with Crippen LogP contribution in [0.2, 0.25) is 5.02 Å². The van der Waals surface area contributed by atoms with Gasteiger partial charge in [-0.15, -0.1) is 11.3 Å². The van der Waals surface area contributed by atoms with Gasteiger partial charge in [0.2, 0.25) is 0 Å². The van der Waals surface area contributed by atoms with Gasteiger partial charge in [0, 0.05) is 22.5 Å². The molecule has 1 aromatic carbocycles. The predicted molar refractivity (Wildman–Crippen MR) is 74.6 cm³/mol. The number of halogens is 1. The molecule has 1 N–H and O–H groups in total. The zero-order valence-electron chi connectivity index (χ0n) is 9.45. The molecular weight excluding hydrogens is 250 g/mol. The third-order valence-electron chi connectivity index (χ3n) is 2.94. The highest BCUT2D eigenvalue weighted by Crippen LogP contribution is 2.29. The molecule has 1 aliphatic carbocycles. The first-order valence-corrected chi connectivity index (χ1v) is 7.14. The molecule has 0 aliphatic heterocycles. The lowest BCUT2D eigenvalue weighted by Gasteiger charge is -1.99. The molecule has 1 heterocycles. The third-order valence-corrected chi connectivity index (χ3v) is 4.20. The van der Waals surface area contributed by atoms with E-state index in [1.807, 2.05) is 18.2 Å². The van der Waals surface area contributed by atoms with Crippen LogP contribution in [0.25, 0.3) is 10.4 Å². The first-order valence-electron chi connectivity index (χ1n) is 5.88. The van der Waals surface area contributed by atoms with Gasteiger partial charge in [-0.05, 0) is 47.5 Å². The third kappa shape index (κ3) is 2.89. The maximum absolute atomic E-state index is 6.00. The molecule has 1 aliphatic rings. The van der Waals surface area contributed by atoms with E-state index < -0.39 is 0 Å². The monoisotopic (exact) mass is 263 g/mol. The van der Waals surface area contributed by atoms with Gasteiger partial charge >= 0.3 is 0 Å². The van der Waals surface area contributed by atoms with Crippen LogP contribution in [-0.2, 0) is 6.54 Å². The molecular formula is C14H14ClNS. The predicted octanol–water partition coefficient (Wildman–Crippen LogP) is 4.32. The number of thiophene rings is 1. The summed E-state index contributed by atoms with van der Waals surface area (Å²) in [6, 6.07) is 11.1. The van der Waals surface area contributed by atoms with Crippen LogP contribution in [0, 0.1) is 0 Å². The van der Waals surface area contributed by atoms with Crippen molar-refractivity contribution in [3.8, 4) is 10.4 Å². The summed E-state index contributed by atoms with van der Waals surface area (Å²) < 4.78 is 0. The van der Waals surface area contributed by atoms with Gasteiger partial charge in [-0.1, -0.05) is 23.7 Å². The lowest BCUT2D eigenvalue weighted by molar-refractivity contribution is 0.689. The van der Waals surface area contributed by atoms with Gasteiger partial charge in [-0.25, -0.2) is 0 Å². The van der Waals surface area contributed by atoms with E-state index in [1.54, 1.807) is 11.3 Å². The number of hydrogen-bond donors (Lipinski definition) is 1. The van der Waals surface area contributed by atoms with Crippen molar-refractivity contribution in [2.24, 2.45) is 0 Å². The second-order valence-electron chi connectivity index (χ2n) is 4.48. The Labute approximate surface area is 110 Å². The van der Waals surface area contributed by atoms with Gasteiger partial charge < -0.3 is 5.32 Å². The lowest BCUT2D eigenvalue weighted by atomic mass is 10.1. The first kappa shape index (κ1) is 11.3. The largest absolute Gasteiger partial charge is 0.310 e. The molecule has 3 rings (SSSR count). The molecule has 17 heavy (non-hydrogen) atoms. The minimum atomic E-state index is 0.768. The van der Waals surface area contributed by atoms with Crippen molar-refractivity contribution in [2.45, 2.75) is 25.4 Å². The van der Waals surface area contributed by atoms with Gasteiger partial charge in [-0.2, -0.15) is 0 Å². The summed E-state index contributed by atoms with van der Waals surface area (Å²) in [5.41, 5.74) is 2.58. The standard InChI is InChI=1S/C14H14ClNS/c15-12-3-1-2-11(7-12)14-6-10(9-17-14)8-16-13-4-5-13/h1-3,6-7,9,13,16H,4-5,8H2. The highest BCUT2D eigenvalue weighted by molar-refractivity contribution is 7.13. The molecule has 0 amide bonds. The van der Waals surface area contributed by atoms with E-state index in [0.29, 0.717) is 0 Å². The zero-order valence-corrected chi connectivity index (χ0v) is 11.0. The van der Waals surface area contributed by atoms with Gasteiger partial charge in [-0.3, -0.25) is 0 Å². The van der Waals surface area contributed by atoms with E-state index in [2.05, 4.69) is 22.8 Å². The van der Waals surface area contributed by atoms with E-state index >= 15 is 0 Å². The highest BCUT2D eigenvalue weighted by atomic mass is 35.5. The molecule has 0 atom stereocenters. The maximum atomic E-state index is 6.00. The Bertz CT molecular complexity index is 516. The second kappa shape index (κ2) is 4.81. The van der Waals surface area contributed by atoms with Crippen molar-refractivity contribution in [1.82, 2.24) is 5.32 Å². The molecule has 3 heteroatoms. The molecule has 1 fully saturated rings. The Morgan fingerprint density at radius 2 is 2.18 bits per heavy atom. The van der Waals surface area contributed by atoms with Crippen LogP contribution in [0.1, 0.15) is 18.4 Å². The molecule has 88 valence electrons. The molecule has 1 aromatic heterocycles. The molecule has 0 spiro atoms. The summed E-state index contributed by atoms with van der Waals surface area (Å²) in [5.74, 6) is 0. The van der Waals surface area contributed by atoms with Crippen LogP contribution in [0.3, 0.4) is 0 Å². The van der Waals surface area contributed by atoms with Crippen molar-refractivity contribution >= 4 is 22.9 Å². The minimum absolute atomic E-state index is 0.768. The molecule has 0 bridgehead atoms. The first-order chi connectivity index (χ1) is 8.31. The molecule has 0 radical (unpaired) electrons. The van der Waals surface area contributed by atoms with Crippen LogP contribution in [0.15, 0.2) is 35.7 Å². The minimum Gasteiger partial charge on any atom is -0.310 e. The van der Waals surface area contributed by atoms with Crippen molar-refractivity contribution in [3.63, 3.8) is 0 Å². The quantitative estimate of drug-likeness (QED) is 0.866. The van der Waals surface area contributed by atoms with Crippen LogP contribution < -0.4 is 5.32 Å². The Balaban J connectivity index is 1.74. The molecule has 2 aromatic rings. The summed E-state index contributed by atoms with van der Waals surface area (Å²) in [4.78, 5) is 1.29. The van der Waals surface area contributed by atoms with Crippen molar-refractivity contribution in [3.05, 3.63) is 46.3 Å². The Morgan fingerprint density at radius 1 is 1.29 bits per heavy atom. The van der Waals surface area contributed by atoms with Gasteiger partial charge in [0.05, 0.1) is 0 Å². The Hall–Kier alpha value is -0.830. The summed E-state index contributed by atoms with van der Waals surface area (Å²) in [6.07, 6.45) is 2.68. The zero-order chi connectivity index (χ0) is 11.7. The molecule has 0 saturated heterocycles. The average molecular weight is 264 g/mol. The molecule has 1 saturated carbocycles. The van der Waals surface area contributed by atoms with Crippen LogP contribution >= 0.6 is 22.9 Å². The highest BCUT2D eigenvalue weighted by Gasteiger charge is 2.20. The number of rotatable bonds is 4. The maximum Gasteiger partial charge on any atom is 0.0412 e. The summed E-state index contributed by atoms with van der Waals surface area (Å²) in [7, 11) is 0. The fourth-order valence-corrected chi connectivity index (χ4v) is 2.91. The van der Waals surface area contributed by atoms with Crippen LogP contribution in [-0.4, -0.2) is 6.04 Å². The van der Waals surface area contributed by atoms with E-state index in [0.717, 1.165) is 17.6 Å². The van der Waals surface area contributed by atoms with Crippen molar-refractivity contribution in [2.75, 3.05) is 0 Å². The van der Waals surface area contributed by atoms with E-state index in [-0.39, 0.29) is 0 Å². The number of benzene rings is 1. The SMILES string of the molecule is Clc1cccc(-c2cc(CNC3CC3)cs2)c1. The van der Waals surface area contributed by atoms with Gasteiger partial charge in [0.1, 0.15) is 0 Å². The van der Waals surface area contributed by atoms with E-state index in [1.165, 1.54) is 28.8 Å². The Morgan fingerprint density at radius 3 is 2.94 bits per heavy atom. The van der Waals surface area contributed by atoms with Gasteiger partial charge in [0.25, 0.3) is 0 Å². The fraction of sp³-hybridized carbons (Fsp3) is 0.286. The summed E-state index contributed by atoms with van der Waals surface area (Å²) in [6.45, 7) is 0.988. The van der Waals surface area contributed by atoms with Crippen LogP contribution in [0.5, 0.6) is 0 Å². The fourth-order valence-electron chi connectivity index (χ4n) is 1.81. The van der Waals surface area contributed by atoms with Crippen molar-refractivity contribution in [1.29, 1.82) is 0 Å². The topological polar surface area (TPSA) is 12.0 Å². The normalized spacial score (nSPS) is 15.1. The van der Waals surface area contributed by atoms with E-state index in [9.17, 15) is 0 Å². The van der Waals surface area contributed by atoms with Crippen molar-refractivity contribution < 1.29 is 0 Å². The average Bonchev–Trinajstić information content (AvgIpc) is 3.04. The lowest BCUT2D eigenvalue weighted by Crippen LogP contribution is -2.14. The Kier molecular flexibility index (Phi) is 3.19.